The van der Waals surface area contributed by atoms with Gasteiger partial charge in [0.25, 0.3) is 0 Å². The van der Waals surface area contributed by atoms with Crippen molar-refractivity contribution in [3.8, 4) is 0 Å². The Hall–Kier alpha value is -0.673. The highest BCUT2D eigenvalue weighted by Gasteiger charge is 2.39. The third kappa shape index (κ3) is 8.37. The second-order valence-electron chi connectivity index (χ2n) is 4.67. The highest BCUT2D eigenvalue weighted by Crippen LogP contribution is 2.20. The van der Waals surface area contributed by atoms with E-state index < -0.39 is 27.0 Å². The average Bonchev–Trinajstić information content (AvgIpc) is 2.38. The van der Waals surface area contributed by atoms with Crippen molar-refractivity contribution in [1.29, 1.82) is 0 Å². The largest absolute Gasteiger partial charge is 0.500 e. The Balaban J connectivity index is 4.53. The van der Waals surface area contributed by atoms with Crippen molar-refractivity contribution in [1.82, 2.24) is 5.32 Å². The monoisotopic (exact) mass is 323 g/mol. The molecule has 0 aromatic carbocycles. The van der Waals surface area contributed by atoms with E-state index >= 15 is 0 Å². The van der Waals surface area contributed by atoms with Crippen molar-refractivity contribution in [3.63, 3.8) is 0 Å². The molecular formula is C13H29NO6Si. The maximum absolute atomic E-state index is 10.7. The van der Waals surface area contributed by atoms with Gasteiger partial charge in [-0.25, -0.2) is 4.79 Å². The van der Waals surface area contributed by atoms with Gasteiger partial charge in [0, 0.05) is 25.9 Å². The van der Waals surface area contributed by atoms with Crippen LogP contribution in [0.2, 0.25) is 6.04 Å². The van der Waals surface area contributed by atoms with Gasteiger partial charge in [-0.3, -0.25) is 0 Å². The molecule has 2 atom stereocenters. The van der Waals surface area contributed by atoms with Crippen molar-refractivity contribution in [2.24, 2.45) is 0 Å². The van der Waals surface area contributed by atoms with E-state index in [2.05, 4.69) is 5.32 Å². The predicted octanol–water partition coefficient (Wildman–Crippen LogP) is 1.83. The molecule has 0 radical (unpaired) electrons. The first kappa shape index (κ1) is 20.3. The Bertz CT molecular complexity index is 273. The molecule has 0 fully saturated rings. The van der Waals surface area contributed by atoms with Crippen LogP contribution in [0.1, 0.15) is 40.5 Å². The number of carbonyl (C=O) groups is 1. The van der Waals surface area contributed by atoms with E-state index in [-0.39, 0.29) is 0 Å². The summed E-state index contributed by atoms with van der Waals surface area (Å²) in [6.45, 7) is 8.79. The maximum atomic E-state index is 10.7. The summed E-state index contributed by atoms with van der Waals surface area (Å²) in [5.41, 5.74) is 0. The van der Waals surface area contributed by atoms with E-state index in [1.807, 2.05) is 20.8 Å². The van der Waals surface area contributed by atoms with Gasteiger partial charge < -0.3 is 28.8 Å². The fourth-order valence-corrected chi connectivity index (χ4v) is 4.77. The van der Waals surface area contributed by atoms with Crippen molar-refractivity contribution >= 4 is 14.9 Å². The molecule has 0 saturated carbocycles. The molecule has 21 heavy (non-hydrogen) atoms. The van der Waals surface area contributed by atoms with Crippen molar-refractivity contribution in [2.45, 2.75) is 58.7 Å². The van der Waals surface area contributed by atoms with Gasteiger partial charge in [-0.15, -0.1) is 0 Å². The molecule has 0 aliphatic heterocycles. The molecule has 1 amide bonds. The average molecular weight is 323 g/mol. The standard InChI is InChI=1S/C13H29NO6Si/c1-5-18-21(19-6-2,20-7-3)10-8-9-12(11(4)15)14-13(16)17/h11-12,14-15H,5-10H2,1-4H3,(H,16,17). The van der Waals surface area contributed by atoms with E-state index in [0.29, 0.717) is 38.7 Å². The molecule has 0 saturated heterocycles. The molecule has 0 aromatic heterocycles. The van der Waals surface area contributed by atoms with Gasteiger partial charge in [-0.1, -0.05) is 0 Å². The zero-order chi connectivity index (χ0) is 16.3. The van der Waals surface area contributed by atoms with Crippen molar-refractivity contribution in [3.05, 3.63) is 0 Å². The topological polar surface area (TPSA) is 97.3 Å². The summed E-state index contributed by atoms with van der Waals surface area (Å²) in [7, 11) is -2.69. The first-order valence-corrected chi connectivity index (χ1v) is 9.43. The number of aliphatic hydroxyl groups is 1. The lowest BCUT2D eigenvalue weighted by atomic mass is 10.1. The van der Waals surface area contributed by atoms with Gasteiger partial charge in [0.05, 0.1) is 12.1 Å². The Morgan fingerprint density at radius 2 is 1.62 bits per heavy atom. The molecule has 0 rings (SSSR count). The van der Waals surface area contributed by atoms with Crippen LogP contribution in [0.5, 0.6) is 0 Å². The van der Waals surface area contributed by atoms with E-state index in [0.717, 1.165) is 0 Å². The summed E-state index contributed by atoms with van der Waals surface area (Å²) >= 11 is 0. The summed E-state index contributed by atoms with van der Waals surface area (Å²) < 4.78 is 17.2. The van der Waals surface area contributed by atoms with Gasteiger partial charge in [-0.05, 0) is 40.5 Å². The molecule has 0 aromatic rings. The molecule has 0 heterocycles. The van der Waals surface area contributed by atoms with Gasteiger partial charge in [-0.2, -0.15) is 0 Å². The summed E-state index contributed by atoms with van der Waals surface area (Å²) in [5.74, 6) is 0. The summed E-state index contributed by atoms with van der Waals surface area (Å²) in [4.78, 5) is 10.7. The second-order valence-corrected chi connectivity index (χ2v) is 7.40. The third-order valence-electron chi connectivity index (χ3n) is 2.98. The van der Waals surface area contributed by atoms with Gasteiger partial charge in [0.1, 0.15) is 0 Å². The van der Waals surface area contributed by atoms with Crippen LogP contribution in [0.15, 0.2) is 0 Å². The third-order valence-corrected chi connectivity index (χ3v) is 6.13. The molecule has 7 nitrogen and oxygen atoms in total. The Morgan fingerprint density at radius 3 is 1.95 bits per heavy atom. The first-order valence-electron chi connectivity index (χ1n) is 7.50. The van der Waals surface area contributed by atoms with Crippen molar-refractivity contribution in [2.75, 3.05) is 19.8 Å². The number of nitrogens with one attached hydrogen (secondary N) is 1. The maximum Gasteiger partial charge on any atom is 0.500 e. The van der Waals surface area contributed by atoms with Crippen LogP contribution >= 0.6 is 0 Å². The number of rotatable bonds is 12. The normalized spacial score (nSPS) is 14.7. The minimum Gasteiger partial charge on any atom is -0.465 e. The van der Waals surface area contributed by atoms with Crippen LogP contribution in [-0.4, -0.2) is 57.1 Å². The molecule has 0 spiro atoms. The SMILES string of the molecule is CCO[Si](CCCC(NC(=O)O)C(C)O)(OCC)OCC. The molecule has 3 N–H and O–H groups in total. The number of hydrogen-bond acceptors (Lipinski definition) is 5. The van der Waals surface area contributed by atoms with Crippen LogP contribution in [0.4, 0.5) is 4.79 Å². The fraction of sp³-hybridized carbons (Fsp3) is 0.923. The quantitative estimate of drug-likeness (QED) is 0.474. The summed E-state index contributed by atoms with van der Waals surface area (Å²) in [6.07, 6.45) is -0.721. The number of amides is 1. The first-order chi connectivity index (χ1) is 9.90. The number of aliphatic hydroxyl groups excluding tert-OH is 1. The lowest BCUT2D eigenvalue weighted by molar-refractivity contribution is 0.0695. The van der Waals surface area contributed by atoms with Crippen LogP contribution in [0.3, 0.4) is 0 Å². The highest BCUT2D eigenvalue weighted by molar-refractivity contribution is 6.60. The number of hydrogen-bond donors (Lipinski definition) is 3. The number of carboxylic acid groups (broad SMARTS) is 1. The second kappa shape index (κ2) is 11.0. The van der Waals surface area contributed by atoms with Crippen LogP contribution in [0, 0.1) is 0 Å². The molecular weight excluding hydrogens is 294 g/mol. The van der Waals surface area contributed by atoms with Crippen LogP contribution < -0.4 is 5.32 Å². The van der Waals surface area contributed by atoms with Gasteiger partial charge >= 0.3 is 14.9 Å². The molecule has 0 aliphatic rings. The molecule has 126 valence electrons. The Kier molecular flexibility index (Phi) is 10.6. The molecule has 0 aliphatic carbocycles. The van der Waals surface area contributed by atoms with Crippen molar-refractivity contribution < 1.29 is 28.3 Å². The van der Waals surface area contributed by atoms with Gasteiger partial charge in [0.15, 0.2) is 0 Å². The fourth-order valence-electron chi connectivity index (χ4n) is 2.13. The lowest BCUT2D eigenvalue weighted by Crippen LogP contribution is -2.47. The zero-order valence-corrected chi connectivity index (χ0v) is 14.4. The highest BCUT2D eigenvalue weighted by atomic mass is 28.4. The summed E-state index contributed by atoms with van der Waals surface area (Å²) in [5, 5.41) is 20.7. The van der Waals surface area contributed by atoms with E-state index in [1.165, 1.54) is 0 Å². The molecule has 2 unspecified atom stereocenters. The van der Waals surface area contributed by atoms with E-state index in [9.17, 15) is 9.90 Å². The molecule has 8 heteroatoms. The zero-order valence-electron chi connectivity index (χ0n) is 13.4. The minimum absolute atomic E-state index is 0.501. The van der Waals surface area contributed by atoms with Gasteiger partial charge in [0.2, 0.25) is 0 Å². The smallest absolute Gasteiger partial charge is 0.465 e. The van der Waals surface area contributed by atoms with E-state index in [4.69, 9.17) is 18.4 Å². The molecule has 0 bridgehead atoms. The summed E-state index contributed by atoms with van der Waals surface area (Å²) in [6, 6.07) is 0.103. The van der Waals surface area contributed by atoms with Crippen LogP contribution in [-0.2, 0) is 13.3 Å². The predicted molar refractivity (Wildman–Crippen MR) is 81.3 cm³/mol. The minimum atomic E-state index is -2.69. The van der Waals surface area contributed by atoms with Crippen LogP contribution in [0.25, 0.3) is 0 Å². The van der Waals surface area contributed by atoms with E-state index in [1.54, 1.807) is 6.92 Å². The lowest BCUT2D eigenvalue weighted by Gasteiger charge is -2.29. The Morgan fingerprint density at radius 1 is 1.14 bits per heavy atom. The Labute approximate surface area is 128 Å².